The van der Waals surface area contributed by atoms with Crippen LogP contribution < -0.4 is 21.3 Å². The van der Waals surface area contributed by atoms with Crippen LogP contribution in [0.25, 0.3) is 11.7 Å². The molecule has 1 aliphatic heterocycles. The molecule has 1 saturated carbocycles. The predicted molar refractivity (Wildman–Crippen MR) is 131 cm³/mol. The standard InChI is InChI=1S/C23H25N7O3S/c1-3-4-5-6-7-16(11-19(31)24-2)34-20-12-18(26-15-8-9-15)30-21(28-20)14(13-25-30)10-17-22(32)29-23(33)27-17/h3,5-7,10,12-13,15,26H,1,4,8-9,11H2,2H3,(H,24,31)(H2,27,29,32,33)/b6-5-,16-7+,17-10-. The van der Waals surface area contributed by atoms with Crippen LogP contribution in [0.2, 0.25) is 0 Å². The van der Waals surface area contributed by atoms with E-state index in [0.717, 1.165) is 30.0 Å². The molecule has 34 heavy (non-hydrogen) atoms. The Hall–Kier alpha value is -3.86. The highest BCUT2D eigenvalue weighted by Gasteiger charge is 2.25. The number of carbonyl (C=O) groups is 3. The first-order chi connectivity index (χ1) is 16.5. The Morgan fingerprint density at radius 1 is 1.35 bits per heavy atom. The van der Waals surface area contributed by atoms with E-state index in [-0.39, 0.29) is 18.0 Å². The Morgan fingerprint density at radius 3 is 2.85 bits per heavy atom. The summed E-state index contributed by atoms with van der Waals surface area (Å²) in [5, 5.41) is 15.9. The molecule has 2 aliphatic rings. The molecule has 176 valence electrons. The summed E-state index contributed by atoms with van der Waals surface area (Å²) in [4.78, 5) is 41.1. The van der Waals surface area contributed by atoms with E-state index in [4.69, 9.17) is 4.98 Å². The topological polar surface area (TPSA) is 130 Å². The Labute approximate surface area is 200 Å². The fourth-order valence-electron chi connectivity index (χ4n) is 3.15. The van der Waals surface area contributed by atoms with Gasteiger partial charge in [0.15, 0.2) is 5.65 Å². The molecule has 4 rings (SSSR count). The fourth-order valence-corrected chi connectivity index (χ4v) is 4.07. The minimum Gasteiger partial charge on any atom is -0.367 e. The SMILES string of the molecule is C=CC/C=C\C=C(/CC(=O)NC)Sc1cc(NC2CC2)n2ncc(/C=C3\NC(=O)NC3=O)c2n1. The number of amides is 4. The monoisotopic (exact) mass is 479 g/mol. The molecule has 2 fully saturated rings. The van der Waals surface area contributed by atoms with Crippen molar-refractivity contribution in [3.63, 3.8) is 0 Å². The highest BCUT2D eigenvalue weighted by molar-refractivity contribution is 8.03. The van der Waals surface area contributed by atoms with Gasteiger partial charge >= 0.3 is 6.03 Å². The molecule has 1 aliphatic carbocycles. The highest BCUT2D eigenvalue weighted by Crippen LogP contribution is 2.33. The van der Waals surface area contributed by atoms with Crippen LogP contribution in [-0.4, -0.2) is 45.5 Å². The van der Waals surface area contributed by atoms with Crippen molar-refractivity contribution < 1.29 is 14.4 Å². The van der Waals surface area contributed by atoms with Crippen LogP contribution >= 0.6 is 11.8 Å². The molecule has 0 bridgehead atoms. The summed E-state index contributed by atoms with van der Waals surface area (Å²) in [5.74, 6) is 0.153. The van der Waals surface area contributed by atoms with E-state index in [1.54, 1.807) is 29.9 Å². The van der Waals surface area contributed by atoms with Gasteiger partial charge in [0.25, 0.3) is 5.91 Å². The van der Waals surface area contributed by atoms with Crippen molar-refractivity contribution in [2.24, 2.45) is 0 Å². The van der Waals surface area contributed by atoms with Gasteiger partial charge < -0.3 is 16.0 Å². The van der Waals surface area contributed by atoms with Crippen molar-refractivity contribution in [3.8, 4) is 0 Å². The average molecular weight is 480 g/mol. The molecule has 1 saturated heterocycles. The van der Waals surface area contributed by atoms with Gasteiger partial charge in [-0.3, -0.25) is 14.9 Å². The van der Waals surface area contributed by atoms with Crippen LogP contribution in [0.4, 0.5) is 10.6 Å². The number of rotatable bonds is 10. The first-order valence-corrected chi connectivity index (χ1v) is 11.6. The van der Waals surface area contributed by atoms with Gasteiger partial charge in [-0.05, 0) is 25.3 Å². The average Bonchev–Trinajstić information content (AvgIpc) is 3.45. The molecule has 2 aromatic heterocycles. The van der Waals surface area contributed by atoms with Crippen LogP contribution in [-0.2, 0) is 9.59 Å². The predicted octanol–water partition coefficient (Wildman–Crippen LogP) is 2.73. The summed E-state index contributed by atoms with van der Waals surface area (Å²) in [6, 6.07) is 1.70. The summed E-state index contributed by atoms with van der Waals surface area (Å²) in [6.07, 6.45) is 13.8. The maximum atomic E-state index is 12.1. The molecular formula is C23H25N7O3S. The number of nitrogens with zero attached hydrogens (tertiary/aromatic N) is 3. The number of urea groups is 1. The third-order valence-corrected chi connectivity index (χ3v) is 5.96. The molecule has 0 atom stereocenters. The molecule has 2 aromatic rings. The molecule has 0 unspecified atom stereocenters. The van der Waals surface area contributed by atoms with Gasteiger partial charge in [0.05, 0.1) is 12.6 Å². The molecule has 0 spiro atoms. The van der Waals surface area contributed by atoms with Crippen molar-refractivity contribution in [2.75, 3.05) is 12.4 Å². The number of anilines is 1. The lowest BCUT2D eigenvalue weighted by Crippen LogP contribution is -2.22. The molecule has 4 N–H and O–H groups in total. The third kappa shape index (κ3) is 5.73. The van der Waals surface area contributed by atoms with Gasteiger partial charge in [0.2, 0.25) is 5.91 Å². The molecule has 0 radical (unpaired) electrons. The number of imide groups is 1. The van der Waals surface area contributed by atoms with E-state index in [2.05, 4.69) is 32.9 Å². The lowest BCUT2D eigenvalue weighted by atomic mass is 10.2. The van der Waals surface area contributed by atoms with Crippen LogP contribution in [0, 0.1) is 0 Å². The lowest BCUT2D eigenvalue weighted by molar-refractivity contribution is -0.119. The smallest absolute Gasteiger partial charge is 0.326 e. The second-order valence-electron chi connectivity index (χ2n) is 7.74. The van der Waals surface area contributed by atoms with Crippen LogP contribution in [0.3, 0.4) is 0 Å². The minimum absolute atomic E-state index is 0.106. The number of aromatic nitrogens is 3. The first kappa shape index (κ1) is 23.3. The maximum Gasteiger partial charge on any atom is 0.326 e. The Bertz CT molecular complexity index is 1240. The molecule has 4 amide bonds. The zero-order chi connectivity index (χ0) is 24.1. The second kappa shape index (κ2) is 10.4. The summed E-state index contributed by atoms with van der Waals surface area (Å²) in [6.45, 7) is 3.70. The second-order valence-corrected chi connectivity index (χ2v) is 8.88. The van der Waals surface area contributed by atoms with Crippen LogP contribution in [0.1, 0.15) is 31.2 Å². The molecule has 11 heteroatoms. The summed E-state index contributed by atoms with van der Waals surface area (Å²) < 4.78 is 1.68. The number of fused-ring (bicyclic) bond motifs is 1. The Balaban J connectivity index is 1.71. The zero-order valence-corrected chi connectivity index (χ0v) is 19.4. The molecular weight excluding hydrogens is 454 g/mol. The van der Waals surface area contributed by atoms with Crippen molar-refractivity contribution >= 4 is 47.1 Å². The van der Waals surface area contributed by atoms with Gasteiger partial charge in [0.1, 0.15) is 16.5 Å². The number of carbonyl (C=O) groups excluding carboxylic acids is 3. The van der Waals surface area contributed by atoms with Gasteiger partial charge in [-0.15, -0.1) is 6.58 Å². The van der Waals surface area contributed by atoms with E-state index in [1.165, 1.54) is 11.8 Å². The zero-order valence-electron chi connectivity index (χ0n) is 18.6. The van der Waals surface area contributed by atoms with E-state index in [0.29, 0.717) is 22.3 Å². The lowest BCUT2D eigenvalue weighted by Gasteiger charge is -2.11. The number of hydrogen-bond acceptors (Lipinski definition) is 7. The maximum absolute atomic E-state index is 12.1. The van der Waals surface area contributed by atoms with Gasteiger partial charge in [-0.25, -0.2) is 9.78 Å². The summed E-state index contributed by atoms with van der Waals surface area (Å²) in [7, 11) is 1.60. The van der Waals surface area contributed by atoms with Crippen molar-refractivity contribution in [1.82, 2.24) is 30.5 Å². The Morgan fingerprint density at radius 2 is 2.18 bits per heavy atom. The molecule has 0 aromatic carbocycles. The van der Waals surface area contributed by atoms with Gasteiger partial charge in [-0.2, -0.15) is 9.61 Å². The number of hydrogen-bond donors (Lipinski definition) is 4. The van der Waals surface area contributed by atoms with E-state index >= 15 is 0 Å². The van der Waals surface area contributed by atoms with E-state index < -0.39 is 11.9 Å². The van der Waals surface area contributed by atoms with Crippen molar-refractivity contribution in [1.29, 1.82) is 0 Å². The van der Waals surface area contributed by atoms with Gasteiger partial charge in [0, 0.05) is 29.6 Å². The number of allylic oxidation sites excluding steroid dienone is 4. The molecule has 3 heterocycles. The first-order valence-electron chi connectivity index (χ1n) is 10.8. The fraction of sp³-hybridized carbons (Fsp3) is 0.261. The quantitative estimate of drug-likeness (QED) is 0.103. The molecule has 10 nitrogen and oxygen atoms in total. The van der Waals surface area contributed by atoms with Crippen LogP contribution in [0.15, 0.2) is 58.8 Å². The summed E-state index contributed by atoms with van der Waals surface area (Å²) in [5.41, 5.74) is 1.23. The van der Waals surface area contributed by atoms with Crippen LogP contribution in [0.5, 0.6) is 0 Å². The van der Waals surface area contributed by atoms with E-state index in [9.17, 15) is 14.4 Å². The third-order valence-electron chi connectivity index (χ3n) is 4.99. The summed E-state index contributed by atoms with van der Waals surface area (Å²) >= 11 is 1.38. The van der Waals surface area contributed by atoms with Crippen molar-refractivity contribution in [3.05, 3.63) is 59.3 Å². The van der Waals surface area contributed by atoms with E-state index in [1.807, 2.05) is 24.3 Å². The number of thioether (sulfide) groups is 1. The minimum atomic E-state index is -0.568. The normalized spacial score (nSPS) is 17.3. The largest absolute Gasteiger partial charge is 0.367 e. The number of nitrogens with one attached hydrogen (secondary N) is 4. The highest BCUT2D eigenvalue weighted by atomic mass is 32.2. The Kier molecular flexibility index (Phi) is 7.12. The van der Waals surface area contributed by atoms with Crippen molar-refractivity contribution in [2.45, 2.75) is 36.8 Å². The van der Waals surface area contributed by atoms with Gasteiger partial charge in [-0.1, -0.05) is 36.1 Å².